The molecule has 0 bridgehead atoms. The molecular weight excluding hydrogens is 1110 g/mol. The van der Waals surface area contributed by atoms with Crippen molar-refractivity contribution in [3.05, 3.63) is 249 Å². The van der Waals surface area contributed by atoms with Crippen molar-refractivity contribution < 1.29 is 19.5 Å². The van der Waals surface area contributed by atoms with Gasteiger partial charge < -0.3 is 21.1 Å². The van der Waals surface area contributed by atoms with E-state index in [1.807, 2.05) is 72.8 Å². The Morgan fingerprint density at radius 2 is 0.622 bits per heavy atom. The molecule has 3 atom stereocenters. The molecule has 0 radical (unpaired) electrons. The van der Waals surface area contributed by atoms with Crippen molar-refractivity contribution >= 4 is 83.4 Å². The van der Waals surface area contributed by atoms with Crippen LogP contribution in [0.2, 0.25) is 0 Å². The average molecular weight is 1180 g/mol. The number of allylic oxidation sites excluding steroid dienone is 3. The molecule has 0 spiro atoms. The first-order chi connectivity index (χ1) is 43.3. The van der Waals surface area contributed by atoms with Crippen LogP contribution in [0.4, 0.5) is 17.1 Å². The normalized spacial score (nSPS) is 19.4. The number of aliphatic hydroxyl groups is 1. The van der Waals surface area contributed by atoms with Crippen LogP contribution < -0.4 is 16.0 Å². The van der Waals surface area contributed by atoms with Gasteiger partial charge in [-0.2, -0.15) is 15.8 Å². The second-order valence-electron chi connectivity index (χ2n) is 26.9. The Hall–Kier alpha value is -10.2. The van der Waals surface area contributed by atoms with Crippen LogP contribution in [0.1, 0.15) is 155 Å². The lowest BCUT2D eigenvalue weighted by Crippen LogP contribution is -2.33. The van der Waals surface area contributed by atoms with Crippen molar-refractivity contribution in [1.82, 2.24) is 0 Å². The molecule has 3 aliphatic carbocycles. The van der Waals surface area contributed by atoms with Gasteiger partial charge in [0.05, 0.1) is 53.0 Å². The van der Waals surface area contributed by atoms with Gasteiger partial charge in [-0.25, -0.2) is 0 Å². The number of Topliss-reactive ketones (excluding diaryl/α,β-unsaturated/α-hetero) is 3. The minimum Gasteiger partial charge on any atom is -0.397 e. The quantitative estimate of drug-likeness (QED) is 0.133. The molecule has 3 unspecified atom stereocenters. The molecule has 4 N–H and O–H groups in total. The molecule has 0 saturated carbocycles. The Morgan fingerprint density at radius 3 is 0.867 bits per heavy atom. The fraction of sp³-hybridized carbons (Fsp3) is 0.250. The molecule has 9 aromatic carbocycles. The topological polar surface area (TPSA) is 179 Å². The molecule has 10 heteroatoms. The van der Waals surface area contributed by atoms with Gasteiger partial charge >= 0.3 is 0 Å². The van der Waals surface area contributed by atoms with Crippen LogP contribution in [0.25, 0.3) is 49.0 Å². The number of benzene rings is 9. The highest BCUT2D eigenvalue weighted by Gasteiger charge is 2.44. The van der Waals surface area contributed by atoms with E-state index in [0.29, 0.717) is 36.0 Å². The lowest BCUT2D eigenvalue weighted by molar-refractivity contribution is -0.118. The third-order valence-electron chi connectivity index (χ3n) is 18.3. The monoisotopic (exact) mass is 1180 g/mol. The van der Waals surface area contributed by atoms with Gasteiger partial charge in [0.25, 0.3) is 0 Å². The van der Waals surface area contributed by atoms with E-state index in [1.165, 1.54) is 65.7 Å². The van der Waals surface area contributed by atoms with E-state index in [1.54, 1.807) is 6.92 Å². The SMILES string of the molecule is CC1(C)CC(=O)C2=C(C1)c1c(ccc3ccccc13)NC2c1ccc(C#N)cc1.CC1(C)CC(=O)C2=C(C1)c1c(ccc3ccccc13)NC2c1ccc(C#N)cc1.CC1(C)CC(=O)C2=C(C1)c1c(ccc3ccccc13)NC2c1ccc(C#N)cc1.CCO. The summed E-state index contributed by atoms with van der Waals surface area (Å²) in [6.07, 6.45) is 4.30. The third kappa shape index (κ3) is 11.5. The molecule has 90 heavy (non-hydrogen) atoms. The highest BCUT2D eigenvalue weighted by molar-refractivity contribution is 6.15. The highest BCUT2D eigenvalue weighted by Crippen LogP contribution is 2.55. The van der Waals surface area contributed by atoms with Gasteiger partial charge in [-0.1, -0.05) is 169 Å². The molecule has 0 saturated heterocycles. The number of nitriles is 3. The zero-order valence-electron chi connectivity index (χ0n) is 52.0. The summed E-state index contributed by atoms with van der Waals surface area (Å²) in [6, 6.07) is 66.6. The van der Waals surface area contributed by atoms with Crippen LogP contribution >= 0.6 is 0 Å². The second-order valence-corrected chi connectivity index (χ2v) is 26.9. The summed E-state index contributed by atoms with van der Waals surface area (Å²) >= 11 is 0. The van der Waals surface area contributed by atoms with Crippen LogP contribution in [-0.4, -0.2) is 29.1 Å². The number of nitrogens with one attached hydrogen (secondary N) is 3. The largest absolute Gasteiger partial charge is 0.397 e. The van der Waals surface area contributed by atoms with Crippen molar-refractivity contribution in [3.63, 3.8) is 0 Å². The third-order valence-corrected chi connectivity index (χ3v) is 18.3. The highest BCUT2D eigenvalue weighted by atomic mass is 16.2. The molecule has 0 aromatic heterocycles. The first-order valence-electron chi connectivity index (χ1n) is 31.1. The first-order valence-corrected chi connectivity index (χ1v) is 31.1. The number of ketones is 3. The molecule has 6 aliphatic rings. The molecule has 10 nitrogen and oxygen atoms in total. The summed E-state index contributed by atoms with van der Waals surface area (Å²) in [6.45, 7) is 15.0. The first kappa shape index (κ1) is 60.1. The maximum absolute atomic E-state index is 13.3. The average Bonchev–Trinajstić information content (AvgIpc) is 0.750. The summed E-state index contributed by atoms with van der Waals surface area (Å²) < 4.78 is 0. The summed E-state index contributed by atoms with van der Waals surface area (Å²) in [4.78, 5) is 40.0. The van der Waals surface area contributed by atoms with Crippen LogP contribution in [0.3, 0.4) is 0 Å². The maximum atomic E-state index is 13.3. The number of nitrogens with zero attached hydrogens (tertiary/aromatic N) is 3. The minimum atomic E-state index is -0.185. The number of carbonyl (C=O) groups is 3. The van der Waals surface area contributed by atoms with E-state index in [0.717, 1.165) is 69.7 Å². The second kappa shape index (κ2) is 24.1. The van der Waals surface area contributed by atoms with Crippen LogP contribution in [0, 0.1) is 50.2 Å². The van der Waals surface area contributed by atoms with Crippen molar-refractivity contribution in [2.45, 2.75) is 105 Å². The van der Waals surface area contributed by atoms with E-state index in [4.69, 9.17) is 20.9 Å². The van der Waals surface area contributed by atoms with Crippen LogP contribution in [0.5, 0.6) is 0 Å². The molecule has 3 aliphatic heterocycles. The zero-order valence-corrected chi connectivity index (χ0v) is 52.0. The Labute approximate surface area is 526 Å². The van der Waals surface area contributed by atoms with Crippen LogP contribution in [-0.2, 0) is 14.4 Å². The Balaban J connectivity index is 0.000000128. The predicted octanol–water partition coefficient (Wildman–Crippen LogP) is 18.1. The number of anilines is 3. The number of fused-ring (bicyclic) bond motifs is 12. The summed E-state index contributed by atoms with van der Waals surface area (Å²) in [5.74, 6) is 0.657. The van der Waals surface area contributed by atoms with Gasteiger partial charge in [-0.05, 0) is 163 Å². The van der Waals surface area contributed by atoms with Crippen molar-refractivity contribution in [1.29, 1.82) is 15.8 Å². The summed E-state index contributed by atoms with van der Waals surface area (Å²) in [7, 11) is 0. The van der Waals surface area contributed by atoms with Gasteiger partial charge in [-0.15, -0.1) is 0 Å². The van der Waals surface area contributed by atoms with E-state index in [-0.39, 0.29) is 58.3 Å². The number of carbonyl (C=O) groups excluding carboxylic acids is 3. The summed E-state index contributed by atoms with van der Waals surface area (Å²) in [5.41, 5.74) is 17.7. The number of hydrogen-bond acceptors (Lipinski definition) is 10. The Kier molecular flexibility index (Phi) is 16.1. The zero-order chi connectivity index (χ0) is 63.2. The van der Waals surface area contributed by atoms with E-state index in [2.05, 4.69) is 185 Å². The number of rotatable bonds is 3. The standard InChI is InChI=1S/3C26H22N2O.C2H6O/c3*1-26(2)13-20-23-19-6-4-3-5-17(19)11-12-21(23)28-25(24(20)22(29)14-26)18-9-7-16(15-27)8-10-18;1-2-3/h3*3-12,25,28H,13-14H2,1-2H3;3H,2H2,1H3. The van der Waals surface area contributed by atoms with Gasteiger partial charge in [0.15, 0.2) is 17.3 Å². The van der Waals surface area contributed by atoms with E-state index < -0.39 is 0 Å². The maximum Gasteiger partial charge on any atom is 0.162 e. The number of hydrogen-bond donors (Lipinski definition) is 4. The minimum absolute atomic E-state index is 0.0588. The molecule has 9 aromatic rings. The fourth-order valence-electron chi connectivity index (χ4n) is 14.5. The fourth-order valence-corrected chi connectivity index (χ4v) is 14.5. The smallest absolute Gasteiger partial charge is 0.162 e. The van der Waals surface area contributed by atoms with Crippen LogP contribution in [0.15, 0.2) is 199 Å². The molecule has 0 fully saturated rings. The number of aliphatic hydroxyl groups excluding tert-OH is 1. The summed E-state index contributed by atoms with van der Waals surface area (Å²) in [5, 5.41) is 53.0. The molecule has 446 valence electrons. The molecule has 3 heterocycles. The molecule has 15 rings (SSSR count). The van der Waals surface area contributed by atoms with Gasteiger partial charge in [0.1, 0.15) is 0 Å². The Morgan fingerprint density at radius 1 is 0.378 bits per heavy atom. The van der Waals surface area contributed by atoms with Crippen molar-refractivity contribution in [3.8, 4) is 18.2 Å². The lowest BCUT2D eigenvalue weighted by atomic mass is 9.68. The predicted molar refractivity (Wildman–Crippen MR) is 362 cm³/mol. The van der Waals surface area contributed by atoms with Gasteiger partial charge in [0, 0.05) is 76.3 Å². The van der Waals surface area contributed by atoms with E-state index in [9.17, 15) is 14.4 Å². The Bertz CT molecular complexity index is 4170. The van der Waals surface area contributed by atoms with Crippen molar-refractivity contribution in [2.24, 2.45) is 16.2 Å². The lowest BCUT2D eigenvalue weighted by Gasteiger charge is -2.40. The van der Waals surface area contributed by atoms with Crippen molar-refractivity contribution in [2.75, 3.05) is 22.6 Å². The molecule has 0 amide bonds. The molecular formula is C80H72N6O4. The van der Waals surface area contributed by atoms with Gasteiger partial charge in [-0.3, -0.25) is 14.4 Å². The van der Waals surface area contributed by atoms with E-state index >= 15 is 0 Å². The van der Waals surface area contributed by atoms with Gasteiger partial charge in [0.2, 0.25) is 0 Å².